The van der Waals surface area contributed by atoms with E-state index in [2.05, 4.69) is 25.6 Å². The van der Waals surface area contributed by atoms with E-state index in [0.29, 0.717) is 23.3 Å². The summed E-state index contributed by atoms with van der Waals surface area (Å²) in [5, 5.41) is 8.14. The number of benzene rings is 1. The first kappa shape index (κ1) is 15.1. The summed E-state index contributed by atoms with van der Waals surface area (Å²) in [6, 6.07) is 11.8. The lowest BCUT2D eigenvalue weighted by atomic mass is 10.1. The standard InChI is InChI=1S/C16H15N5OS/c22-14(17-10-7-12-5-2-1-3-6-12)13-11-23-16(20-13)21-15-18-8-4-9-19-15/h1-6,8-9,11H,7,10H2,(H,17,22)(H,18,19,20,21). The number of aromatic nitrogens is 3. The highest BCUT2D eigenvalue weighted by atomic mass is 32.1. The molecule has 0 saturated carbocycles. The van der Waals surface area contributed by atoms with Gasteiger partial charge < -0.3 is 10.6 Å². The Morgan fingerprint density at radius 3 is 2.65 bits per heavy atom. The van der Waals surface area contributed by atoms with Gasteiger partial charge in [-0.2, -0.15) is 0 Å². The minimum Gasteiger partial charge on any atom is -0.350 e. The molecule has 0 unspecified atom stereocenters. The van der Waals surface area contributed by atoms with Gasteiger partial charge in [-0.05, 0) is 18.1 Å². The molecule has 1 aromatic carbocycles. The average molecular weight is 325 g/mol. The van der Waals surface area contributed by atoms with Crippen LogP contribution in [0.15, 0.2) is 54.2 Å². The summed E-state index contributed by atoms with van der Waals surface area (Å²) < 4.78 is 0. The van der Waals surface area contributed by atoms with E-state index in [1.807, 2.05) is 30.3 Å². The molecule has 0 bridgehead atoms. The first-order valence-corrected chi connectivity index (χ1v) is 8.01. The average Bonchev–Trinajstić information content (AvgIpc) is 3.05. The molecule has 23 heavy (non-hydrogen) atoms. The van der Waals surface area contributed by atoms with Crippen LogP contribution in [0, 0.1) is 0 Å². The highest BCUT2D eigenvalue weighted by Crippen LogP contribution is 2.18. The van der Waals surface area contributed by atoms with Gasteiger partial charge >= 0.3 is 0 Å². The van der Waals surface area contributed by atoms with Crippen LogP contribution in [0.2, 0.25) is 0 Å². The number of thiazole rings is 1. The third-order valence-corrected chi connectivity index (χ3v) is 3.82. The monoisotopic (exact) mass is 325 g/mol. The van der Waals surface area contributed by atoms with Crippen molar-refractivity contribution in [2.45, 2.75) is 6.42 Å². The lowest BCUT2D eigenvalue weighted by Gasteiger charge is -2.03. The summed E-state index contributed by atoms with van der Waals surface area (Å²) >= 11 is 1.34. The number of anilines is 2. The van der Waals surface area contributed by atoms with Crippen LogP contribution in [0.25, 0.3) is 0 Å². The zero-order chi connectivity index (χ0) is 15.9. The Kier molecular flexibility index (Phi) is 4.90. The Morgan fingerprint density at radius 1 is 1.09 bits per heavy atom. The van der Waals surface area contributed by atoms with Crippen LogP contribution in [-0.2, 0) is 6.42 Å². The van der Waals surface area contributed by atoms with Crippen molar-refractivity contribution in [1.29, 1.82) is 0 Å². The van der Waals surface area contributed by atoms with Crippen molar-refractivity contribution in [2.75, 3.05) is 11.9 Å². The Balaban J connectivity index is 1.52. The highest BCUT2D eigenvalue weighted by Gasteiger charge is 2.10. The molecule has 0 spiro atoms. The van der Waals surface area contributed by atoms with E-state index in [1.165, 1.54) is 16.9 Å². The molecular formula is C16H15N5OS. The third-order valence-electron chi connectivity index (χ3n) is 3.06. The molecule has 6 nitrogen and oxygen atoms in total. The smallest absolute Gasteiger partial charge is 0.270 e. The summed E-state index contributed by atoms with van der Waals surface area (Å²) in [6.07, 6.45) is 4.07. The predicted molar refractivity (Wildman–Crippen MR) is 89.9 cm³/mol. The quantitative estimate of drug-likeness (QED) is 0.728. The van der Waals surface area contributed by atoms with Gasteiger partial charge in [0.1, 0.15) is 5.69 Å². The topological polar surface area (TPSA) is 79.8 Å². The summed E-state index contributed by atoms with van der Waals surface area (Å²) in [5.74, 6) is 0.275. The number of nitrogens with zero attached hydrogens (tertiary/aromatic N) is 3. The van der Waals surface area contributed by atoms with E-state index < -0.39 is 0 Å². The molecule has 3 rings (SSSR count). The summed E-state index contributed by atoms with van der Waals surface area (Å²) in [4.78, 5) is 24.4. The van der Waals surface area contributed by atoms with Gasteiger partial charge in [0.05, 0.1) is 0 Å². The molecule has 0 aliphatic heterocycles. The maximum atomic E-state index is 12.1. The van der Waals surface area contributed by atoms with Gasteiger partial charge in [0.15, 0.2) is 5.13 Å². The largest absolute Gasteiger partial charge is 0.350 e. The molecule has 2 N–H and O–H groups in total. The Labute approximate surface area is 137 Å². The zero-order valence-electron chi connectivity index (χ0n) is 12.3. The van der Waals surface area contributed by atoms with Gasteiger partial charge in [-0.25, -0.2) is 15.0 Å². The molecule has 7 heteroatoms. The van der Waals surface area contributed by atoms with Gasteiger partial charge in [-0.3, -0.25) is 4.79 Å². The van der Waals surface area contributed by atoms with Crippen molar-refractivity contribution in [2.24, 2.45) is 0 Å². The SMILES string of the molecule is O=C(NCCc1ccccc1)c1csc(Nc2ncccn2)n1. The van der Waals surface area contributed by atoms with Gasteiger partial charge in [0, 0.05) is 24.3 Å². The minimum atomic E-state index is -0.181. The molecule has 3 aromatic rings. The van der Waals surface area contributed by atoms with Gasteiger partial charge in [0.25, 0.3) is 5.91 Å². The lowest BCUT2D eigenvalue weighted by molar-refractivity contribution is 0.0950. The van der Waals surface area contributed by atoms with E-state index >= 15 is 0 Å². The lowest BCUT2D eigenvalue weighted by Crippen LogP contribution is -2.25. The maximum Gasteiger partial charge on any atom is 0.270 e. The van der Waals surface area contributed by atoms with Crippen molar-refractivity contribution in [3.63, 3.8) is 0 Å². The molecule has 2 aromatic heterocycles. The summed E-state index contributed by atoms with van der Waals surface area (Å²) in [6.45, 7) is 0.574. The minimum absolute atomic E-state index is 0.181. The molecule has 116 valence electrons. The molecule has 0 aliphatic carbocycles. The van der Waals surface area contributed by atoms with Crippen LogP contribution in [0.4, 0.5) is 11.1 Å². The van der Waals surface area contributed by atoms with Crippen LogP contribution in [-0.4, -0.2) is 27.4 Å². The Morgan fingerprint density at radius 2 is 1.87 bits per heavy atom. The number of nitrogens with one attached hydrogen (secondary N) is 2. The first-order valence-electron chi connectivity index (χ1n) is 7.13. The fourth-order valence-corrected chi connectivity index (χ4v) is 2.63. The van der Waals surface area contributed by atoms with Gasteiger partial charge in [-0.1, -0.05) is 30.3 Å². The predicted octanol–water partition coefficient (Wildman–Crippen LogP) is 2.65. The molecule has 0 saturated heterocycles. The first-order chi connectivity index (χ1) is 11.3. The number of amides is 1. The fraction of sp³-hybridized carbons (Fsp3) is 0.125. The molecule has 0 aliphatic rings. The number of hydrogen-bond donors (Lipinski definition) is 2. The summed E-state index contributed by atoms with van der Waals surface area (Å²) in [7, 11) is 0. The Bertz CT molecular complexity index is 760. The van der Waals surface area contributed by atoms with Crippen molar-refractivity contribution in [1.82, 2.24) is 20.3 Å². The van der Waals surface area contributed by atoms with E-state index in [0.717, 1.165) is 6.42 Å². The van der Waals surface area contributed by atoms with Crippen molar-refractivity contribution in [3.8, 4) is 0 Å². The third kappa shape index (κ3) is 4.33. The molecule has 2 heterocycles. The van der Waals surface area contributed by atoms with E-state index in [9.17, 15) is 4.79 Å². The van der Waals surface area contributed by atoms with Crippen molar-refractivity contribution in [3.05, 3.63) is 65.4 Å². The van der Waals surface area contributed by atoms with Crippen LogP contribution in [0.3, 0.4) is 0 Å². The van der Waals surface area contributed by atoms with Gasteiger partial charge in [-0.15, -0.1) is 11.3 Å². The highest BCUT2D eigenvalue weighted by molar-refractivity contribution is 7.14. The number of hydrogen-bond acceptors (Lipinski definition) is 6. The molecule has 0 radical (unpaired) electrons. The van der Waals surface area contributed by atoms with Crippen LogP contribution < -0.4 is 10.6 Å². The Hall–Kier alpha value is -2.80. The van der Waals surface area contributed by atoms with Crippen molar-refractivity contribution >= 4 is 28.3 Å². The fourth-order valence-electron chi connectivity index (χ4n) is 1.95. The van der Waals surface area contributed by atoms with E-state index in [1.54, 1.807) is 23.8 Å². The van der Waals surface area contributed by atoms with E-state index in [4.69, 9.17) is 0 Å². The van der Waals surface area contributed by atoms with Gasteiger partial charge in [0.2, 0.25) is 5.95 Å². The van der Waals surface area contributed by atoms with E-state index in [-0.39, 0.29) is 5.91 Å². The number of rotatable bonds is 6. The second kappa shape index (κ2) is 7.46. The maximum absolute atomic E-state index is 12.1. The molecule has 0 fully saturated rings. The van der Waals surface area contributed by atoms with Crippen molar-refractivity contribution < 1.29 is 4.79 Å². The second-order valence-corrected chi connectivity index (χ2v) is 5.58. The number of carbonyl (C=O) groups excluding carboxylic acids is 1. The van der Waals surface area contributed by atoms with Crippen LogP contribution >= 0.6 is 11.3 Å². The number of carbonyl (C=O) groups is 1. The normalized spacial score (nSPS) is 10.3. The van der Waals surface area contributed by atoms with Crippen LogP contribution in [0.1, 0.15) is 16.1 Å². The molecule has 0 atom stereocenters. The second-order valence-electron chi connectivity index (χ2n) is 4.73. The molecule has 1 amide bonds. The molecular weight excluding hydrogens is 310 g/mol. The zero-order valence-corrected chi connectivity index (χ0v) is 13.1. The summed E-state index contributed by atoms with van der Waals surface area (Å²) in [5.41, 5.74) is 1.58. The van der Waals surface area contributed by atoms with Crippen LogP contribution in [0.5, 0.6) is 0 Å².